The van der Waals surface area contributed by atoms with Gasteiger partial charge in [0.05, 0.1) is 21.8 Å². The van der Waals surface area contributed by atoms with E-state index in [1.807, 2.05) is 6.26 Å². The highest BCUT2D eigenvalue weighted by atomic mass is 79.9. The molecule has 11 heteroatoms. The molecule has 0 spiro atoms. The number of thioether (sulfide) groups is 1. The summed E-state index contributed by atoms with van der Waals surface area (Å²) >= 11 is 5.92. The topological polar surface area (TPSA) is 92.3 Å². The molecule has 2 aromatic heterocycles. The van der Waals surface area contributed by atoms with Gasteiger partial charge in [-0.15, -0.1) is 11.3 Å². The molecule has 0 bridgehead atoms. The van der Waals surface area contributed by atoms with Crippen molar-refractivity contribution in [1.29, 1.82) is 0 Å². The fraction of sp³-hybridized carbons (Fsp3) is 0.286. The zero-order valence-electron chi connectivity index (χ0n) is 17.2. The van der Waals surface area contributed by atoms with E-state index in [1.54, 1.807) is 47.5 Å². The number of halogens is 1. The molecule has 0 atom stereocenters. The SMILES string of the molecule is CSc1nccc(-c2ccc(S(=O)(=O)Nc3cc(Br)ccc3C(=O)N3CCCCC3)s2)n1. The summed E-state index contributed by atoms with van der Waals surface area (Å²) in [6.45, 7) is 1.37. The number of rotatable bonds is 6. The number of nitrogens with zero attached hydrogens (tertiary/aromatic N) is 3. The van der Waals surface area contributed by atoms with E-state index in [4.69, 9.17) is 0 Å². The number of aromatic nitrogens is 2. The molecular formula is C21H21BrN4O3S3. The number of amides is 1. The fourth-order valence-corrected chi connectivity index (χ4v) is 6.49. The maximum Gasteiger partial charge on any atom is 0.271 e. The highest BCUT2D eigenvalue weighted by molar-refractivity contribution is 9.10. The predicted molar refractivity (Wildman–Crippen MR) is 132 cm³/mol. The molecule has 7 nitrogen and oxygen atoms in total. The summed E-state index contributed by atoms with van der Waals surface area (Å²) in [6.07, 6.45) is 6.56. The van der Waals surface area contributed by atoms with E-state index in [2.05, 4.69) is 30.6 Å². The van der Waals surface area contributed by atoms with E-state index < -0.39 is 10.0 Å². The van der Waals surface area contributed by atoms with E-state index in [0.29, 0.717) is 34.0 Å². The first kappa shape index (κ1) is 23.2. The van der Waals surface area contributed by atoms with Crippen molar-refractivity contribution < 1.29 is 13.2 Å². The molecule has 1 amide bonds. The Hall–Kier alpha value is -1.95. The number of anilines is 1. The van der Waals surface area contributed by atoms with Crippen LogP contribution in [0.5, 0.6) is 0 Å². The number of benzene rings is 1. The second-order valence-electron chi connectivity index (χ2n) is 7.20. The van der Waals surface area contributed by atoms with Crippen molar-refractivity contribution in [3.05, 3.63) is 52.6 Å². The zero-order chi connectivity index (χ0) is 22.7. The van der Waals surface area contributed by atoms with Crippen molar-refractivity contribution in [3.8, 4) is 10.6 Å². The number of piperidine rings is 1. The number of carbonyl (C=O) groups is 1. The van der Waals surface area contributed by atoms with Crippen LogP contribution in [-0.4, -0.2) is 48.5 Å². The third-order valence-electron chi connectivity index (χ3n) is 5.01. The van der Waals surface area contributed by atoms with Crippen molar-refractivity contribution >= 4 is 60.6 Å². The standard InChI is InChI=1S/C21H21BrN4O3S3/c1-30-21-23-10-9-16(24-21)18-7-8-19(31-18)32(28,29)25-17-13-14(22)5-6-15(17)20(27)26-11-3-2-4-12-26/h5-10,13,25H,2-4,11-12H2,1H3. The molecule has 3 aromatic rings. The van der Waals surface area contributed by atoms with Gasteiger partial charge in [0.1, 0.15) is 4.21 Å². The Labute approximate surface area is 203 Å². The van der Waals surface area contributed by atoms with Crippen LogP contribution in [0.25, 0.3) is 10.6 Å². The molecule has 0 saturated carbocycles. The number of hydrogen-bond donors (Lipinski definition) is 1. The third-order valence-corrected chi connectivity index (χ3v) is 9.03. The van der Waals surface area contributed by atoms with Crippen LogP contribution < -0.4 is 4.72 Å². The molecule has 1 saturated heterocycles. The van der Waals surface area contributed by atoms with E-state index in [1.165, 1.54) is 11.8 Å². The van der Waals surface area contributed by atoms with Crippen molar-refractivity contribution in [2.24, 2.45) is 0 Å². The Morgan fingerprint density at radius 3 is 2.69 bits per heavy atom. The minimum Gasteiger partial charge on any atom is -0.339 e. The Morgan fingerprint density at radius 1 is 1.16 bits per heavy atom. The smallest absolute Gasteiger partial charge is 0.271 e. The molecule has 32 heavy (non-hydrogen) atoms. The normalized spacial score (nSPS) is 14.4. The Balaban J connectivity index is 1.62. The summed E-state index contributed by atoms with van der Waals surface area (Å²) in [5.41, 5.74) is 1.27. The van der Waals surface area contributed by atoms with Gasteiger partial charge in [-0.1, -0.05) is 27.7 Å². The number of carbonyl (C=O) groups excluding carboxylic acids is 1. The molecule has 1 N–H and O–H groups in total. The number of thiophene rings is 1. The van der Waals surface area contributed by atoms with Gasteiger partial charge in [0.15, 0.2) is 5.16 Å². The fourth-order valence-electron chi connectivity index (χ4n) is 3.43. The molecule has 1 aliphatic rings. The number of likely N-dealkylation sites (tertiary alicyclic amines) is 1. The first-order chi connectivity index (χ1) is 15.4. The lowest BCUT2D eigenvalue weighted by Gasteiger charge is -2.27. The zero-order valence-corrected chi connectivity index (χ0v) is 21.3. The Kier molecular flexibility index (Phi) is 7.18. The van der Waals surface area contributed by atoms with Gasteiger partial charge in [0.25, 0.3) is 15.9 Å². The Bertz CT molecular complexity index is 1240. The van der Waals surface area contributed by atoms with Crippen LogP contribution in [0.15, 0.2) is 56.4 Å². The Morgan fingerprint density at radius 2 is 1.94 bits per heavy atom. The first-order valence-corrected chi connectivity index (χ1v) is 14.3. The predicted octanol–water partition coefficient (Wildman–Crippen LogP) is 5.12. The van der Waals surface area contributed by atoms with Gasteiger partial charge in [0.2, 0.25) is 0 Å². The van der Waals surface area contributed by atoms with Crippen LogP contribution in [0.1, 0.15) is 29.6 Å². The molecule has 1 fully saturated rings. The monoisotopic (exact) mass is 552 g/mol. The number of hydrogen-bond acceptors (Lipinski definition) is 7. The molecule has 0 radical (unpaired) electrons. The summed E-state index contributed by atoms with van der Waals surface area (Å²) < 4.78 is 29.8. The van der Waals surface area contributed by atoms with Crippen LogP contribution in [0.3, 0.4) is 0 Å². The summed E-state index contributed by atoms with van der Waals surface area (Å²) in [7, 11) is -3.89. The molecule has 3 heterocycles. The van der Waals surface area contributed by atoms with Crippen molar-refractivity contribution in [3.63, 3.8) is 0 Å². The quantitative estimate of drug-likeness (QED) is 0.337. The van der Waals surface area contributed by atoms with Gasteiger partial charge < -0.3 is 4.90 Å². The molecule has 0 unspecified atom stereocenters. The average Bonchev–Trinajstić information content (AvgIpc) is 3.31. The molecule has 1 aliphatic heterocycles. The van der Waals surface area contributed by atoms with Crippen molar-refractivity contribution in [2.45, 2.75) is 28.6 Å². The van der Waals surface area contributed by atoms with Crippen LogP contribution in [0, 0.1) is 0 Å². The van der Waals surface area contributed by atoms with Gasteiger partial charge in [-0.3, -0.25) is 9.52 Å². The summed E-state index contributed by atoms with van der Waals surface area (Å²) in [6, 6.07) is 10.1. The second kappa shape index (κ2) is 9.90. The van der Waals surface area contributed by atoms with Crippen molar-refractivity contribution in [1.82, 2.24) is 14.9 Å². The highest BCUT2D eigenvalue weighted by Crippen LogP contribution is 2.32. The average molecular weight is 554 g/mol. The van der Waals surface area contributed by atoms with E-state index in [9.17, 15) is 13.2 Å². The maximum absolute atomic E-state index is 13.2. The lowest BCUT2D eigenvalue weighted by molar-refractivity contribution is 0.0725. The minimum atomic E-state index is -3.89. The molecule has 1 aromatic carbocycles. The number of sulfonamides is 1. The van der Waals surface area contributed by atoms with E-state index >= 15 is 0 Å². The minimum absolute atomic E-state index is 0.146. The van der Waals surface area contributed by atoms with E-state index in [0.717, 1.165) is 35.5 Å². The van der Waals surface area contributed by atoms with Gasteiger partial charge >= 0.3 is 0 Å². The highest BCUT2D eigenvalue weighted by Gasteiger charge is 2.25. The van der Waals surface area contributed by atoms with Gasteiger partial charge in [-0.2, -0.15) is 0 Å². The second-order valence-corrected chi connectivity index (χ2v) is 11.9. The van der Waals surface area contributed by atoms with Crippen LogP contribution >= 0.6 is 39.0 Å². The maximum atomic E-state index is 13.2. The van der Waals surface area contributed by atoms with Crippen LogP contribution in [-0.2, 0) is 10.0 Å². The van der Waals surface area contributed by atoms with Crippen molar-refractivity contribution in [2.75, 3.05) is 24.1 Å². The summed E-state index contributed by atoms with van der Waals surface area (Å²) in [5.74, 6) is -0.160. The molecule has 168 valence electrons. The van der Waals surface area contributed by atoms with Gasteiger partial charge in [-0.25, -0.2) is 18.4 Å². The third kappa shape index (κ3) is 5.16. The van der Waals surface area contributed by atoms with Crippen LogP contribution in [0.4, 0.5) is 5.69 Å². The lowest BCUT2D eigenvalue weighted by Crippen LogP contribution is -2.36. The lowest BCUT2D eigenvalue weighted by atomic mass is 10.1. The largest absolute Gasteiger partial charge is 0.339 e. The molecule has 4 rings (SSSR count). The van der Waals surface area contributed by atoms with Gasteiger partial charge in [-0.05, 0) is 61.9 Å². The van der Waals surface area contributed by atoms with E-state index in [-0.39, 0.29) is 15.8 Å². The number of nitrogens with one attached hydrogen (secondary N) is 1. The first-order valence-electron chi connectivity index (χ1n) is 9.96. The molecular weight excluding hydrogens is 532 g/mol. The summed E-state index contributed by atoms with van der Waals surface area (Å²) in [5, 5.41) is 0.619. The summed E-state index contributed by atoms with van der Waals surface area (Å²) in [4.78, 5) is 24.2. The van der Waals surface area contributed by atoms with Crippen LogP contribution in [0.2, 0.25) is 0 Å². The molecule has 0 aliphatic carbocycles. The van der Waals surface area contributed by atoms with Gasteiger partial charge in [0, 0.05) is 23.8 Å².